The number of anilines is 1. The highest BCUT2D eigenvalue weighted by Crippen LogP contribution is 2.27. The van der Waals surface area contributed by atoms with E-state index in [9.17, 15) is 0 Å². The quantitative estimate of drug-likeness (QED) is 0.709. The Kier molecular flexibility index (Phi) is 3.33. The molecule has 3 heteroatoms. The number of fused-ring (bicyclic) bond motifs is 1. The van der Waals surface area contributed by atoms with Gasteiger partial charge in [0.05, 0.1) is 5.69 Å². The third-order valence-electron chi connectivity index (χ3n) is 3.55. The number of halogens is 1. The number of aryl methyl sites for hydroxylation is 1. The van der Waals surface area contributed by atoms with E-state index in [4.69, 9.17) is 17.3 Å². The van der Waals surface area contributed by atoms with Crippen LogP contribution in [-0.4, -0.2) is 4.98 Å². The summed E-state index contributed by atoms with van der Waals surface area (Å²) in [6.07, 6.45) is 2.57. The molecule has 0 spiro atoms. The van der Waals surface area contributed by atoms with Gasteiger partial charge in [0.1, 0.15) is 0 Å². The van der Waals surface area contributed by atoms with Crippen LogP contribution in [-0.2, 0) is 6.42 Å². The van der Waals surface area contributed by atoms with Crippen molar-refractivity contribution >= 4 is 28.1 Å². The van der Waals surface area contributed by atoms with Crippen LogP contribution in [0.3, 0.4) is 0 Å². The molecule has 1 aromatic heterocycles. The second kappa shape index (κ2) is 5.14. The fraction of sp³-hybridized carbons (Fsp3) is 0.118. The standard InChI is InChI=1S/C17H15ClN2/c1-11-5-6-14-15(17(11)19)7-8-20-16(14)10-12-3-2-4-13(18)9-12/h2-9H,10,19H2,1H3. The molecule has 0 radical (unpaired) electrons. The Labute approximate surface area is 123 Å². The van der Waals surface area contributed by atoms with Crippen LogP contribution in [0.2, 0.25) is 5.02 Å². The number of rotatable bonds is 2. The predicted octanol–water partition coefficient (Wildman–Crippen LogP) is 4.37. The molecule has 2 nitrogen and oxygen atoms in total. The van der Waals surface area contributed by atoms with E-state index in [1.165, 1.54) is 0 Å². The van der Waals surface area contributed by atoms with Crippen LogP contribution in [0.25, 0.3) is 10.8 Å². The smallest absolute Gasteiger partial charge is 0.0526 e. The average molecular weight is 283 g/mol. The first-order valence-corrected chi connectivity index (χ1v) is 6.90. The Bertz CT molecular complexity index is 781. The van der Waals surface area contributed by atoms with Crippen molar-refractivity contribution in [3.8, 4) is 0 Å². The Morgan fingerprint density at radius 1 is 1.10 bits per heavy atom. The lowest BCUT2D eigenvalue weighted by Crippen LogP contribution is -1.97. The fourth-order valence-electron chi connectivity index (χ4n) is 2.43. The number of hydrogen-bond acceptors (Lipinski definition) is 2. The number of nitrogens with two attached hydrogens (primary N) is 1. The summed E-state index contributed by atoms with van der Waals surface area (Å²) in [5, 5.41) is 2.92. The lowest BCUT2D eigenvalue weighted by molar-refractivity contribution is 1.10. The van der Waals surface area contributed by atoms with Crippen LogP contribution in [0.5, 0.6) is 0 Å². The van der Waals surface area contributed by atoms with Crippen molar-refractivity contribution < 1.29 is 0 Å². The SMILES string of the molecule is Cc1ccc2c(Cc3cccc(Cl)c3)nccc2c1N. The van der Waals surface area contributed by atoms with E-state index < -0.39 is 0 Å². The van der Waals surface area contributed by atoms with Crippen molar-refractivity contribution in [2.24, 2.45) is 0 Å². The normalized spacial score (nSPS) is 10.9. The number of nitrogens with zero attached hydrogens (tertiary/aromatic N) is 1. The molecular weight excluding hydrogens is 268 g/mol. The first-order valence-electron chi connectivity index (χ1n) is 6.52. The van der Waals surface area contributed by atoms with Gasteiger partial charge >= 0.3 is 0 Å². The summed E-state index contributed by atoms with van der Waals surface area (Å²) in [4.78, 5) is 4.50. The van der Waals surface area contributed by atoms with Gasteiger partial charge in [0.15, 0.2) is 0 Å². The number of pyridine rings is 1. The van der Waals surface area contributed by atoms with Gasteiger partial charge in [0.25, 0.3) is 0 Å². The lowest BCUT2D eigenvalue weighted by Gasteiger charge is -2.09. The molecule has 3 rings (SSSR count). The van der Waals surface area contributed by atoms with E-state index in [2.05, 4.69) is 17.1 Å². The van der Waals surface area contributed by atoms with E-state index in [-0.39, 0.29) is 0 Å². The Morgan fingerprint density at radius 2 is 1.95 bits per heavy atom. The largest absolute Gasteiger partial charge is 0.398 e. The molecule has 0 aliphatic rings. The maximum Gasteiger partial charge on any atom is 0.0526 e. The van der Waals surface area contributed by atoms with Gasteiger partial charge in [-0.05, 0) is 36.2 Å². The summed E-state index contributed by atoms with van der Waals surface area (Å²) in [6.45, 7) is 2.02. The van der Waals surface area contributed by atoms with Gasteiger partial charge in [-0.2, -0.15) is 0 Å². The fourth-order valence-corrected chi connectivity index (χ4v) is 2.64. The summed E-state index contributed by atoms with van der Waals surface area (Å²) in [7, 11) is 0. The van der Waals surface area contributed by atoms with Crippen molar-refractivity contribution in [3.63, 3.8) is 0 Å². The van der Waals surface area contributed by atoms with Gasteiger partial charge in [-0.25, -0.2) is 0 Å². The Morgan fingerprint density at radius 3 is 2.75 bits per heavy atom. The van der Waals surface area contributed by atoms with E-state index in [1.54, 1.807) is 0 Å². The molecule has 0 atom stereocenters. The molecule has 20 heavy (non-hydrogen) atoms. The van der Waals surface area contributed by atoms with E-state index in [1.807, 2.05) is 43.5 Å². The second-order valence-corrected chi connectivity index (χ2v) is 5.39. The molecular formula is C17H15ClN2. The minimum Gasteiger partial charge on any atom is -0.398 e. The zero-order valence-electron chi connectivity index (χ0n) is 11.2. The van der Waals surface area contributed by atoms with Crippen molar-refractivity contribution in [1.82, 2.24) is 4.98 Å². The second-order valence-electron chi connectivity index (χ2n) is 4.96. The third kappa shape index (κ3) is 2.35. The van der Waals surface area contributed by atoms with E-state index in [0.29, 0.717) is 0 Å². The number of aromatic nitrogens is 1. The summed E-state index contributed by atoms with van der Waals surface area (Å²) in [5.41, 5.74) is 10.3. The molecule has 100 valence electrons. The third-order valence-corrected chi connectivity index (χ3v) is 3.78. The van der Waals surface area contributed by atoms with Crippen molar-refractivity contribution in [2.45, 2.75) is 13.3 Å². The van der Waals surface area contributed by atoms with Gasteiger partial charge in [-0.3, -0.25) is 4.98 Å². The highest BCUT2D eigenvalue weighted by Gasteiger charge is 2.07. The summed E-state index contributed by atoms with van der Waals surface area (Å²) in [5.74, 6) is 0. The maximum absolute atomic E-state index is 6.16. The maximum atomic E-state index is 6.16. The monoisotopic (exact) mass is 282 g/mol. The summed E-state index contributed by atoms with van der Waals surface area (Å²) >= 11 is 6.03. The van der Waals surface area contributed by atoms with Crippen molar-refractivity contribution in [3.05, 3.63) is 70.5 Å². The van der Waals surface area contributed by atoms with Crippen LogP contribution in [0.4, 0.5) is 5.69 Å². The first-order chi connectivity index (χ1) is 9.65. The topological polar surface area (TPSA) is 38.9 Å². The highest BCUT2D eigenvalue weighted by molar-refractivity contribution is 6.30. The molecule has 0 aliphatic heterocycles. The molecule has 3 aromatic rings. The van der Waals surface area contributed by atoms with Gasteiger partial charge in [0, 0.05) is 34.1 Å². The van der Waals surface area contributed by atoms with Crippen molar-refractivity contribution in [2.75, 3.05) is 5.73 Å². The number of nitrogen functional groups attached to an aromatic ring is 1. The first kappa shape index (κ1) is 12.9. The number of benzene rings is 2. The molecule has 1 heterocycles. The molecule has 0 unspecified atom stereocenters. The molecule has 2 aromatic carbocycles. The Balaban J connectivity index is 2.10. The van der Waals surface area contributed by atoms with Crippen molar-refractivity contribution in [1.29, 1.82) is 0 Å². The minimum absolute atomic E-state index is 0.748. The van der Waals surface area contributed by atoms with Crippen LogP contribution < -0.4 is 5.73 Å². The van der Waals surface area contributed by atoms with E-state index in [0.717, 1.165) is 44.7 Å². The zero-order chi connectivity index (χ0) is 14.1. The summed E-state index contributed by atoms with van der Waals surface area (Å²) in [6, 6.07) is 14.0. The molecule has 2 N–H and O–H groups in total. The Hall–Kier alpha value is -2.06. The average Bonchev–Trinajstić information content (AvgIpc) is 2.43. The van der Waals surface area contributed by atoms with Crippen LogP contribution in [0.1, 0.15) is 16.8 Å². The van der Waals surface area contributed by atoms with Gasteiger partial charge in [0.2, 0.25) is 0 Å². The van der Waals surface area contributed by atoms with Crippen LogP contribution in [0, 0.1) is 6.92 Å². The summed E-state index contributed by atoms with van der Waals surface area (Å²) < 4.78 is 0. The highest BCUT2D eigenvalue weighted by atomic mass is 35.5. The zero-order valence-corrected chi connectivity index (χ0v) is 12.0. The lowest BCUT2D eigenvalue weighted by atomic mass is 10.0. The number of hydrogen-bond donors (Lipinski definition) is 1. The van der Waals surface area contributed by atoms with Gasteiger partial charge in [-0.1, -0.05) is 35.9 Å². The van der Waals surface area contributed by atoms with Gasteiger partial charge in [-0.15, -0.1) is 0 Å². The van der Waals surface area contributed by atoms with Gasteiger partial charge < -0.3 is 5.73 Å². The predicted molar refractivity (Wildman–Crippen MR) is 85.2 cm³/mol. The molecule has 0 amide bonds. The minimum atomic E-state index is 0.748. The molecule has 0 fully saturated rings. The molecule has 0 saturated carbocycles. The molecule has 0 saturated heterocycles. The van der Waals surface area contributed by atoms with Crippen LogP contribution in [0.15, 0.2) is 48.7 Å². The molecule has 0 bridgehead atoms. The van der Waals surface area contributed by atoms with Crippen LogP contribution >= 0.6 is 11.6 Å². The molecule has 0 aliphatic carbocycles. The van der Waals surface area contributed by atoms with E-state index >= 15 is 0 Å².